The van der Waals surface area contributed by atoms with Gasteiger partial charge in [0.2, 0.25) is 22.8 Å². The molecular weight excluding hydrogens is 398 g/mol. The smallest absolute Gasteiger partial charge is 0.227 e. The van der Waals surface area contributed by atoms with Gasteiger partial charge in [-0.1, -0.05) is 53.7 Å². The molecule has 1 amide bonds. The molecule has 0 aliphatic rings. The maximum atomic E-state index is 12.1. The molecule has 0 bridgehead atoms. The minimum absolute atomic E-state index is 0.168. The molecule has 28 heavy (non-hydrogen) atoms. The lowest BCUT2D eigenvalue weighted by Crippen LogP contribution is -2.12. The minimum Gasteiger partial charge on any atom is -0.496 e. The number of aromatic nitrogens is 4. The first-order valence-corrected chi connectivity index (χ1v) is 10.7. The van der Waals surface area contributed by atoms with E-state index in [1.165, 1.54) is 11.3 Å². The van der Waals surface area contributed by atoms with E-state index in [2.05, 4.69) is 32.6 Å². The number of rotatable bonds is 10. The van der Waals surface area contributed by atoms with Gasteiger partial charge in [-0.25, -0.2) is 0 Å². The van der Waals surface area contributed by atoms with Crippen LogP contribution in [0.4, 0.5) is 5.13 Å². The zero-order valence-electron chi connectivity index (χ0n) is 15.7. The van der Waals surface area contributed by atoms with Gasteiger partial charge >= 0.3 is 0 Å². The molecule has 0 radical (unpaired) electrons. The molecule has 0 aliphatic heterocycles. The maximum absolute atomic E-state index is 12.1. The molecule has 3 aromatic rings. The lowest BCUT2D eigenvalue weighted by atomic mass is 10.2. The quantitative estimate of drug-likeness (QED) is 0.298. The van der Waals surface area contributed by atoms with Gasteiger partial charge in [-0.15, -0.1) is 10.2 Å². The van der Waals surface area contributed by atoms with Crippen molar-refractivity contribution in [2.75, 3.05) is 18.2 Å². The lowest BCUT2D eigenvalue weighted by Gasteiger charge is -2.03. The lowest BCUT2D eigenvalue weighted by molar-refractivity contribution is -0.116. The number of benzene rings is 1. The largest absolute Gasteiger partial charge is 0.496 e. The van der Waals surface area contributed by atoms with Crippen LogP contribution in [0.3, 0.4) is 0 Å². The Morgan fingerprint density at radius 1 is 1.32 bits per heavy atom. The summed E-state index contributed by atoms with van der Waals surface area (Å²) in [4.78, 5) is 16.5. The Hall–Kier alpha value is -2.46. The molecule has 2 aromatic heterocycles. The van der Waals surface area contributed by atoms with Gasteiger partial charge in [0.05, 0.1) is 12.7 Å². The fourth-order valence-corrected chi connectivity index (χ4v) is 4.24. The average molecular weight is 420 g/mol. The molecule has 0 atom stereocenters. The Labute approximate surface area is 171 Å². The summed E-state index contributed by atoms with van der Waals surface area (Å²) in [6, 6.07) is 7.43. The number of nitrogens with zero attached hydrogens (tertiary/aromatic N) is 4. The standard InChI is InChI=1S/C18H21N5O3S2/c1-3-4-11-27-18-22-21-17(28-18)19-14(24)9-10-15-20-16(23-26-15)12-7-5-6-8-13(12)25-2/h5-8H,3-4,9-11H2,1-2H3,(H,19,21,24). The maximum Gasteiger partial charge on any atom is 0.227 e. The zero-order chi connectivity index (χ0) is 19.8. The van der Waals surface area contributed by atoms with E-state index >= 15 is 0 Å². The van der Waals surface area contributed by atoms with Crippen molar-refractivity contribution in [3.8, 4) is 17.1 Å². The number of unbranched alkanes of at least 4 members (excludes halogenated alkanes) is 1. The van der Waals surface area contributed by atoms with Crippen molar-refractivity contribution in [3.63, 3.8) is 0 Å². The molecule has 3 rings (SSSR count). The summed E-state index contributed by atoms with van der Waals surface area (Å²) in [5.74, 6) is 2.33. The van der Waals surface area contributed by atoms with Gasteiger partial charge in [0.25, 0.3) is 0 Å². The number of methoxy groups -OCH3 is 1. The summed E-state index contributed by atoms with van der Waals surface area (Å²) in [6.45, 7) is 2.15. The fourth-order valence-electron chi connectivity index (χ4n) is 2.32. The zero-order valence-corrected chi connectivity index (χ0v) is 17.3. The highest BCUT2D eigenvalue weighted by molar-refractivity contribution is 8.01. The van der Waals surface area contributed by atoms with Crippen LogP contribution in [-0.4, -0.2) is 39.1 Å². The van der Waals surface area contributed by atoms with Gasteiger partial charge in [-0.3, -0.25) is 4.79 Å². The van der Waals surface area contributed by atoms with E-state index in [0.29, 0.717) is 29.0 Å². The molecule has 2 heterocycles. The number of carbonyl (C=O) groups excluding carboxylic acids is 1. The Morgan fingerprint density at radius 2 is 2.18 bits per heavy atom. The second-order valence-electron chi connectivity index (χ2n) is 5.84. The molecule has 1 aromatic carbocycles. The summed E-state index contributed by atoms with van der Waals surface area (Å²) >= 11 is 3.04. The molecule has 0 saturated heterocycles. The first-order valence-electron chi connectivity index (χ1n) is 8.91. The van der Waals surface area contributed by atoms with Crippen LogP contribution in [0, 0.1) is 0 Å². The van der Waals surface area contributed by atoms with Gasteiger partial charge < -0.3 is 14.6 Å². The van der Waals surface area contributed by atoms with Gasteiger partial charge in [0.1, 0.15) is 5.75 Å². The van der Waals surface area contributed by atoms with Crippen molar-refractivity contribution >= 4 is 34.1 Å². The van der Waals surface area contributed by atoms with E-state index < -0.39 is 0 Å². The average Bonchev–Trinajstić information content (AvgIpc) is 3.36. The van der Waals surface area contributed by atoms with Crippen molar-refractivity contribution in [2.45, 2.75) is 36.9 Å². The number of hydrogen-bond acceptors (Lipinski definition) is 9. The monoisotopic (exact) mass is 419 g/mol. The van der Waals surface area contributed by atoms with Gasteiger partial charge in [0.15, 0.2) is 4.34 Å². The van der Waals surface area contributed by atoms with E-state index in [4.69, 9.17) is 9.26 Å². The number of carbonyl (C=O) groups is 1. The molecule has 0 unspecified atom stereocenters. The van der Waals surface area contributed by atoms with Crippen LogP contribution >= 0.6 is 23.1 Å². The van der Waals surface area contributed by atoms with Crippen molar-refractivity contribution < 1.29 is 14.1 Å². The minimum atomic E-state index is -0.168. The third-order valence-electron chi connectivity index (χ3n) is 3.76. The number of aryl methyl sites for hydroxylation is 1. The Morgan fingerprint density at radius 3 is 3.00 bits per heavy atom. The predicted molar refractivity (Wildman–Crippen MR) is 109 cm³/mol. The Balaban J connectivity index is 1.51. The number of nitrogens with one attached hydrogen (secondary N) is 1. The summed E-state index contributed by atoms with van der Waals surface area (Å²) in [6.07, 6.45) is 2.83. The normalized spacial score (nSPS) is 10.8. The first kappa shape index (κ1) is 20.3. The van der Waals surface area contributed by atoms with E-state index in [1.54, 1.807) is 18.9 Å². The molecule has 10 heteroatoms. The van der Waals surface area contributed by atoms with Crippen LogP contribution in [0.2, 0.25) is 0 Å². The number of amides is 1. The highest BCUT2D eigenvalue weighted by Gasteiger charge is 2.14. The van der Waals surface area contributed by atoms with E-state index in [9.17, 15) is 4.79 Å². The Bertz CT molecular complexity index is 912. The van der Waals surface area contributed by atoms with Crippen LogP contribution in [0.25, 0.3) is 11.4 Å². The molecule has 0 saturated carbocycles. The van der Waals surface area contributed by atoms with E-state index in [0.717, 1.165) is 28.5 Å². The highest BCUT2D eigenvalue weighted by Crippen LogP contribution is 2.28. The number of anilines is 1. The predicted octanol–water partition coefficient (Wildman–Crippen LogP) is 4.06. The molecular formula is C18H21N5O3S2. The van der Waals surface area contributed by atoms with E-state index in [-0.39, 0.29) is 12.3 Å². The first-order chi connectivity index (χ1) is 13.7. The van der Waals surface area contributed by atoms with Crippen molar-refractivity contribution in [3.05, 3.63) is 30.2 Å². The Kier molecular flexibility index (Phi) is 7.38. The molecule has 0 fully saturated rings. The summed E-state index contributed by atoms with van der Waals surface area (Å²) in [7, 11) is 1.59. The third kappa shape index (κ3) is 5.52. The summed E-state index contributed by atoms with van der Waals surface area (Å²) in [5, 5.41) is 15.3. The fraction of sp³-hybridized carbons (Fsp3) is 0.389. The van der Waals surface area contributed by atoms with Crippen LogP contribution in [0.5, 0.6) is 5.75 Å². The van der Waals surface area contributed by atoms with Crippen molar-refractivity contribution in [1.29, 1.82) is 0 Å². The summed E-state index contributed by atoms with van der Waals surface area (Å²) in [5.41, 5.74) is 0.742. The van der Waals surface area contributed by atoms with Crippen LogP contribution < -0.4 is 10.1 Å². The molecule has 148 valence electrons. The third-order valence-corrected chi connectivity index (χ3v) is 5.82. The van der Waals surface area contributed by atoms with Crippen molar-refractivity contribution in [1.82, 2.24) is 20.3 Å². The second-order valence-corrected chi connectivity index (χ2v) is 8.15. The topological polar surface area (TPSA) is 103 Å². The van der Waals surface area contributed by atoms with Crippen LogP contribution in [0.15, 0.2) is 33.1 Å². The molecule has 0 spiro atoms. The molecule has 1 N–H and O–H groups in total. The molecule has 0 aliphatic carbocycles. The number of hydrogen-bond donors (Lipinski definition) is 1. The van der Waals surface area contributed by atoms with Gasteiger partial charge in [0, 0.05) is 18.6 Å². The number of para-hydroxylation sites is 1. The molecule has 8 nitrogen and oxygen atoms in total. The van der Waals surface area contributed by atoms with Gasteiger partial charge in [-0.2, -0.15) is 4.98 Å². The number of thioether (sulfide) groups is 1. The highest BCUT2D eigenvalue weighted by atomic mass is 32.2. The second kappa shape index (κ2) is 10.2. The SMILES string of the molecule is CCCCSc1nnc(NC(=O)CCc2nc(-c3ccccc3OC)no2)s1. The van der Waals surface area contributed by atoms with Crippen molar-refractivity contribution in [2.24, 2.45) is 0 Å². The van der Waals surface area contributed by atoms with Crippen LogP contribution in [0.1, 0.15) is 32.1 Å². The number of ether oxygens (including phenoxy) is 1. The van der Waals surface area contributed by atoms with E-state index in [1.807, 2.05) is 24.3 Å². The van der Waals surface area contributed by atoms with Crippen LogP contribution in [-0.2, 0) is 11.2 Å². The summed E-state index contributed by atoms with van der Waals surface area (Å²) < 4.78 is 11.4. The van der Waals surface area contributed by atoms with Gasteiger partial charge in [-0.05, 0) is 18.6 Å².